The van der Waals surface area contributed by atoms with Crippen molar-refractivity contribution in [1.82, 2.24) is 0 Å². The third-order valence-corrected chi connectivity index (χ3v) is 3.43. The highest BCUT2D eigenvalue weighted by atomic mass is 32.1. The third-order valence-electron chi connectivity index (χ3n) is 2.51. The van der Waals surface area contributed by atoms with Gasteiger partial charge in [-0.15, -0.1) is 11.3 Å². The zero-order valence-corrected chi connectivity index (χ0v) is 10.8. The fraction of sp³-hybridized carbons (Fsp3) is 0.154. The fourth-order valence-corrected chi connectivity index (χ4v) is 2.42. The van der Waals surface area contributed by atoms with Gasteiger partial charge >= 0.3 is 5.97 Å². The van der Waals surface area contributed by atoms with E-state index in [9.17, 15) is 9.90 Å². The van der Waals surface area contributed by atoms with E-state index in [1.165, 1.54) is 25.6 Å². The Morgan fingerprint density at radius 1 is 1.28 bits per heavy atom. The zero-order chi connectivity index (χ0) is 13.1. The van der Waals surface area contributed by atoms with E-state index in [2.05, 4.69) is 0 Å². The van der Waals surface area contributed by atoms with Gasteiger partial charge in [-0.1, -0.05) is 6.07 Å². The largest absolute Gasteiger partial charge is 0.493 e. The maximum Gasteiger partial charge on any atom is 0.339 e. The van der Waals surface area contributed by atoms with Gasteiger partial charge in [-0.05, 0) is 29.1 Å². The second-order valence-electron chi connectivity index (χ2n) is 3.54. The Morgan fingerprint density at radius 2 is 2.06 bits per heavy atom. The molecule has 0 spiro atoms. The van der Waals surface area contributed by atoms with Gasteiger partial charge in [-0.25, -0.2) is 4.79 Å². The summed E-state index contributed by atoms with van der Waals surface area (Å²) in [6.45, 7) is 0. The summed E-state index contributed by atoms with van der Waals surface area (Å²) in [6, 6.07) is 7.21. The highest BCUT2D eigenvalue weighted by Gasteiger charge is 2.18. The highest BCUT2D eigenvalue weighted by molar-refractivity contribution is 7.13. The van der Waals surface area contributed by atoms with Gasteiger partial charge in [0.2, 0.25) is 0 Å². The van der Waals surface area contributed by atoms with Gasteiger partial charge in [0.1, 0.15) is 5.56 Å². The first-order chi connectivity index (χ1) is 8.67. The van der Waals surface area contributed by atoms with E-state index in [0.717, 1.165) is 10.4 Å². The van der Waals surface area contributed by atoms with E-state index in [4.69, 9.17) is 9.47 Å². The summed E-state index contributed by atoms with van der Waals surface area (Å²) in [5, 5.41) is 11.1. The molecule has 0 saturated carbocycles. The predicted octanol–water partition coefficient (Wildman–Crippen LogP) is 3.13. The number of hydrogen-bond acceptors (Lipinski definition) is 4. The maximum absolute atomic E-state index is 11.2. The monoisotopic (exact) mass is 264 g/mol. The molecule has 4 nitrogen and oxygen atoms in total. The molecule has 1 N–H and O–H groups in total. The molecule has 0 radical (unpaired) electrons. The van der Waals surface area contributed by atoms with E-state index in [1.807, 2.05) is 17.5 Å². The van der Waals surface area contributed by atoms with Crippen LogP contribution >= 0.6 is 11.3 Å². The van der Waals surface area contributed by atoms with Crippen molar-refractivity contribution in [3.8, 4) is 21.9 Å². The zero-order valence-electron chi connectivity index (χ0n) is 9.97. The average molecular weight is 264 g/mol. The van der Waals surface area contributed by atoms with Crippen molar-refractivity contribution in [3.05, 3.63) is 35.2 Å². The van der Waals surface area contributed by atoms with Gasteiger partial charge < -0.3 is 14.6 Å². The molecular weight excluding hydrogens is 252 g/mol. The summed E-state index contributed by atoms with van der Waals surface area (Å²) in [7, 11) is 2.91. The fourth-order valence-electron chi connectivity index (χ4n) is 1.71. The Hall–Kier alpha value is -2.01. The van der Waals surface area contributed by atoms with Crippen LogP contribution in [0.3, 0.4) is 0 Å². The molecule has 1 aromatic carbocycles. The average Bonchev–Trinajstić information content (AvgIpc) is 2.90. The molecule has 0 amide bonds. The molecule has 0 aliphatic carbocycles. The number of ether oxygens (including phenoxy) is 2. The Kier molecular flexibility index (Phi) is 3.53. The van der Waals surface area contributed by atoms with Crippen molar-refractivity contribution in [3.63, 3.8) is 0 Å². The third kappa shape index (κ3) is 2.17. The minimum absolute atomic E-state index is 0.0975. The smallest absolute Gasteiger partial charge is 0.339 e. The lowest BCUT2D eigenvalue weighted by Gasteiger charge is -2.12. The quantitative estimate of drug-likeness (QED) is 0.921. The second kappa shape index (κ2) is 5.10. The molecule has 18 heavy (non-hydrogen) atoms. The molecule has 0 unspecified atom stereocenters. The summed E-state index contributed by atoms with van der Waals surface area (Å²) in [5.41, 5.74) is 0.903. The molecule has 2 rings (SSSR count). The van der Waals surface area contributed by atoms with Crippen molar-refractivity contribution in [2.24, 2.45) is 0 Å². The van der Waals surface area contributed by atoms with Gasteiger partial charge in [-0.3, -0.25) is 0 Å². The Balaban J connectivity index is 2.64. The number of rotatable bonds is 4. The molecule has 0 saturated heterocycles. The SMILES string of the molecule is COc1cc(-c2cccs2)cc(C(=O)O)c1OC. The molecule has 5 heteroatoms. The number of hydrogen-bond donors (Lipinski definition) is 1. The maximum atomic E-state index is 11.2. The molecule has 2 aromatic rings. The van der Waals surface area contributed by atoms with Crippen LogP contribution in [-0.4, -0.2) is 25.3 Å². The minimum Gasteiger partial charge on any atom is -0.493 e. The number of benzene rings is 1. The molecule has 1 heterocycles. The van der Waals surface area contributed by atoms with Crippen LogP contribution in [0.25, 0.3) is 10.4 Å². The second-order valence-corrected chi connectivity index (χ2v) is 4.49. The summed E-state index contributed by atoms with van der Waals surface area (Å²) in [4.78, 5) is 12.2. The van der Waals surface area contributed by atoms with Crippen molar-refractivity contribution in [2.75, 3.05) is 14.2 Å². The number of aromatic carboxylic acids is 1. The molecule has 0 atom stereocenters. The summed E-state index contributed by atoms with van der Waals surface area (Å²) in [6.07, 6.45) is 0. The van der Waals surface area contributed by atoms with Crippen molar-refractivity contribution in [1.29, 1.82) is 0 Å². The van der Waals surface area contributed by atoms with Crippen molar-refractivity contribution in [2.45, 2.75) is 0 Å². The predicted molar refractivity (Wildman–Crippen MR) is 69.8 cm³/mol. The van der Waals surface area contributed by atoms with Crippen LogP contribution in [0.15, 0.2) is 29.6 Å². The van der Waals surface area contributed by atoms with Gasteiger partial charge in [0.25, 0.3) is 0 Å². The highest BCUT2D eigenvalue weighted by Crippen LogP contribution is 2.37. The van der Waals surface area contributed by atoms with Gasteiger partial charge in [0.15, 0.2) is 11.5 Å². The first-order valence-corrected chi connectivity index (χ1v) is 6.08. The van der Waals surface area contributed by atoms with Crippen LogP contribution < -0.4 is 9.47 Å². The van der Waals surface area contributed by atoms with Crippen molar-refractivity contribution >= 4 is 17.3 Å². The van der Waals surface area contributed by atoms with Crippen LogP contribution in [0, 0.1) is 0 Å². The summed E-state index contributed by atoms with van der Waals surface area (Å²) >= 11 is 1.54. The lowest BCUT2D eigenvalue weighted by atomic mass is 10.1. The molecule has 0 aliphatic rings. The molecule has 0 bridgehead atoms. The van der Waals surface area contributed by atoms with Crippen LogP contribution in [0.2, 0.25) is 0 Å². The molecule has 94 valence electrons. The van der Waals surface area contributed by atoms with E-state index in [1.54, 1.807) is 12.1 Å². The van der Waals surface area contributed by atoms with Crippen molar-refractivity contribution < 1.29 is 19.4 Å². The first-order valence-electron chi connectivity index (χ1n) is 5.20. The standard InChI is InChI=1S/C13H12O4S/c1-16-10-7-8(11-4-3-5-18-11)6-9(13(14)15)12(10)17-2/h3-7H,1-2H3,(H,14,15). The van der Waals surface area contributed by atoms with Crippen LogP contribution in [0.4, 0.5) is 0 Å². The van der Waals surface area contributed by atoms with E-state index in [0.29, 0.717) is 5.75 Å². The van der Waals surface area contributed by atoms with Crippen LogP contribution in [-0.2, 0) is 0 Å². The topological polar surface area (TPSA) is 55.8 Å². The van der Waals surface area contributed by atoms with Crippen LogP contribution in [0.5, 0.6) is 11.5 Å². The minimum atomic E-state index is -1.04. The summed E-state index contributed by atoms with van der Waals surface area (Å²) < 4.78 is 10.3. The lowest BCUT2D eigenvalue weighted by Crippen LogP contribution is -2.03. The molecule has 0 aliphatic heterocycles. The summed E-state index contributed by atoms with van der Waals surface area (Å²) in [5.74, 6) is -0.380. The van der Waals surface area contributed by atoms with E-state index in [-0.39, 0.29) is 11.3 Å². The van der Waals surface area contributed by atoms with E-state index >= 15 is 0 Å². The normalized spacial score (nSPS) is 10.1. The van der Waals surface area contributed by atoms with E-state index < -0.39 is 5.97 Å². The first kappa shape index (κ1) is 12.4. The van der Waals surface area contributed by atoms with Crippen LogP contribution in [0.1, 0.15) is 10.4 Å². The lowest BCUT2D eigenvalue weighted by molar-refractivity contribution is 0.0692. The number of thiophene rings is 1. The number of carbonyl (C=O) groups is 1. The molecular formula is C13H12O4S. The molecule has 0 fully saturated rings. The number of carboxylic acid groups (broad SMARTS) is 1. The number of carboxylic acids is 1. The Bertz CT molecular complexity index is 561. The Morgan fingerprint density at radius 3 is 2.56 bits per heavy atom. The molecule has 1 aromatic heterocycles. The van der Waals surface area contributed by atoms with Gasteiger partial charge in [0, 0.05) is 4.88 Å². The Labute approximate surface area is 108 Å². The van der Waals surface area contributed by atoms with Gasteiger partial charge in [0.05, 0.1) is 14.2 Å². The number of methoxy groups -OCH3 is 2. The van der Waals surface area contributed by atoms with Gasteiger partial charge in [-0.2, -0.15) is 0 Å².